The van der Waals surface area contributed by atoms with Crippen molar-refractivity contribution in [3.8, 4) is 0 Å². The first kappa shape index (κ1) is 24.8. The molecular weight excluding hydrogens is 539 g/mol. The molecule has 0 heterocycles. The zero-order valence-corrected chi connectivity index (χ0v) is 21.7. The molecular formula is C24H26Br2Zr. The van der Waals surface area contributed by atoms with Crippen LogP contribution in [-0.4, -0.2) is 0 Å². The summed E-state index contributed by atoms with van der Waals surface area (Å²) in [5.74, 6) is 0. The van der Waals surface area contributed by atoms with E-state index in [1.165, 1.54) is 36.8 Å². The Hall–Kier alpha value is -0.237. The van der Waals surface area contributed by atoms with Crippen molar-refractivity contribution < 1.29 is 26.2 Å². The summed E-state index contributed by atoms with van der Waals surface area (Å²) in [7, 11) is 0. The van der Waals surface area contributed by atoms with Crippen LogP contribution >= 0.6 is 31.9 Å². The Kier molecular flexibility index (Phi) is 12.7. The Balaban J connectivity index is 0.00000364. The molecule has 0 radical (unpaired) electrons. The summed E-state index contributed by atoms with van der Waals surface area (Å²) in [5.41, 5.74) is 4.85. The minimum Gasteiger partial charge on any atom is -0.201 e. The van der Waals surface area contributed by atoms with Crippen LogP contribution in [0.3, 0.4) is 0 Å². The van der Waals surface area contributed by atoms with E-state index in [0.717, 1.165) is 32.9 Å². The standard InChI is InChI=1S/C24H26Br2.Zr/c1-3-5-7-21(17-19-9-13-23(25)14-10-19)22(8-6-4-2)18-20-11-15-24(26)16-12-20;/h9-16H,3-8H2,1-2H3;/q-2;+2. The number of rotatable bonds is 9. The maximum atomic E-state index is 3.67. The van der Waals surface area contributed by atoms with Crippen LogP contribution in [0, 0.1) is 12.2 Å². The van der Waals surface area contributed by atoms with Gasteiger partial charge >= 0.3 is 26.2 Å². The van der Waals surface area contributed by atoms with Crippen molar-refractivity contribution in [2.45, 2.75) is 52.4 Å². The van der Waals surface area contributed by atoms with Gasteiger partial charge in [-0.2, -0.15) is 23.3 Å². The first-order valence-electron chi connectivity index (χ1n) is 9.39. The minimum absolute atomic E-state index is 0. The van der Waals surface area contributed by atoms with Gasteiger partial charge in [0.1, 0.15) is 0 Å². The molecule has 0 fully saturated rings. The summed E-state index contributed by atoms with van der Waals surface area (Å²) in [6.07, 6.45) is 14.2. The van der Waals surface area contributed by atoms with Crippen molar-refractivity contribution in [3.63, 3.8) is 0 Å². The molecule has 0 nitrogen and oxygen atoms in total. The quantitative estimate of drug-likeness (QED) is 0.212. The van der Waals surface area contributed by atoms with Gasteiger partial charge in [-0.1, -0.05) is 108 Å². The Bertz CT molecular complexity index is 662. The molecule has 2 aromatic carbocycles. The van der Waals surface area contributed by atoms with E-state index in [4.69, 9.17) is 0 Å². The smallest absolute Gasteiger partial charge is 0.201 e. The van der Waals surface area contributed by atoms with E-state index in [1.54, 1.807) is 0 Å². The number of hydrogen-bond acceptors (Lipinski definition) is 0. The fourth-order valence-corrected chi connectivity index (χ4v) is 3.23. The van der Waals surface area contributed by atoms with E-state index in [-0.39, 0.29) is 26.2 Å². The zero-order valence-electron chi connectivity index (χ0n) is 16.1. The molecule has 0 spiro atoms. The van der Waals surface area contributed by atoms with Gasteiger partial charge < -0.3 is 0 Å². The molecule has 0 aliphatic carbocycles. The third kappa shape index (κ3) is 9.20. The van der Waals surface area contributed by atoms with Gasteiger partial charge in [-0.25, -0.2) is 11.1 Å². The monoisotopic (exact) mass is 562 g/mol. The average molecular weight is 566 g/mol. The van der Waals surface area contributed by atoms with Gasteiger partial charge in [-0.05, 0) is 8.95 Å². The second-order valence-corrected chi connectivity index (χ2v) is 8.26. The molecule has 2 rings (SSSR count). The topological polar surface area (TPSA) is 0 Å². The SMILES string of the molecule is CCCCC(=[C-]c1ccc(Br)cc1)C(=[C-]c1ccc(Br)cc1)CCCC.[Zr+2]. The van der Waals surface area contributed by atoms with E-state index in [9.17, 15) is 0 Å². The second kappa shape index (κ2) is 13.9. The van der Waals surface area contributed by atoms with Crippen LogP contribution in [0.25, 0.3) is 0 Å². The average Bonchev–Trinajstić information content (AvgIpc) is 2.65. The van der Waals surface area contributed by atoms with Gasteiger partial charge in [0, 0.05) is 0 Å². The molecule has 0 unspecified atom stereocenters. The van der Waals surface area contributed by atoms with Crippen molar-refractivity contribution in [1.29, 1.82) is 0 Å². The van der Waals surface area contributed by atoms with Gasteiger partial charge in [0.25, 0.3) is 0 Å². The van der Waals surface area contributed by atoms with Crippen molar-refractivity contribution in [3.05, 3.63) is 91.9 Å². The Labute approximate surface area is 200 Å². The van der Waals surface area contributed by atoms with Gasteiger partial charge in [0.15, 0.2) is 0 Å². The summed E-state index contributed by atoms with van der Waals surface area (Å²) in [4.78, 5) is 0. The summed E-state index contributed by atoms with van der Waals surface area (Å²) < 4.78 is 2.20. The van der Waals surface area contributed by atoms with E-state index < -0.39 is 0 Å². The molecule has 0 saturated carbocycles. The molecule has 0 saturated heterocycles. The van der Waals surface area contributed by atoms with E-state index >= 15 is 0 Å². The van der Waals surface area contributed by atoms with Gasteiger partial charge in [-0.15, -0.1) is 24.3 Å². The van der Waals surface area contributed by atoms with Crippen LogP contribution in [0.4, 0.5) is 0 Å². The molecule has 0 aliphatic rings. The van der Waals surface area contributed by atoms with Crippen LogP contribution < -0.4 is 0 Å². The second-order valence-electron chi connectivity index (χ2n) is 6.43. The van der Waals surface area contributed by atoms with Crippen molar-refractivity contribution in [2.24, 2.45) is 0 Å². The number of halogens is 2. The van der Waals surface area contributed by atoms with Crippen LogP contribution in [0.1, 0.15) is 63.5 Å². The summed E-state index contributed by atoms with van der Waals surface area (Å²) in [5, 5.41) is 0. The zero-order chi connectivity index (χ0) is 18.8. The third-order valence-corrected chi connectivity index (χ3v) is 5.26. The van der Waals surface area contributed by atoms with Crippen LogP contribution in [0.2, 0.25) is 0 Å². The first-order valence-corrected chi connectivity index (χ1v) is 11.0. The van der Waals surface area contributed by atoms with Crippen molar-refractivity contribution >= 4 is 31.9 Å². The van der Waals surface area contributed by atoms with Crippen molar-refractivity contribution in [1.82, 2.24) is 0 Å². The summed E-state index contributed by atoms with van der Waals surface area (Å²) in [6, 6.07) is 16.8. The van der Waals surface area contributed by atoms with E-state index in [0.29, 0.717) is 0 Å². The maximum Gasteiger partial charge on any atom is 2.00 e. The molecule has 27 heavy (non-hydrogen) atoms. The molecule has 140 valence electrons. The number of allylic oxidation sites excluding steroid dienone is 2. The van der Waals surface area contributed by atoms with Gasteiger partial charge in [0.2, 0.25) is 0 Å². The Morgan fingerprint density at radius 2 is 1.00 bits per heavy atom. The van der Waals surface area contributed by atoms with Crippen molar-refractivity contribution in [2.75, 3.05) is 0 Å². The van der Waals surface area contributed by atoms with Crippen LogP contribution in [-0.2, 0) is 26.2 Å². The fraction of sp³-hybridized carbons (Fsp3) is 0.333. The third-order valence-electron chi connectivity index (χ3n) is 4.20. The molecule has 0 aliphatic heterocycles. The van der Waals surface area contributed by atoms with Crippen LogP contribution in [0.15, 0.2) is 68.6 Å². The van der Waals surface area contributed by atoms with E-state index in [1.807, 2.05) is 0 Å². The minimum atomic E-state index is 0. The number of benzene rings is 2. The summed E-state index contributed by atoms with van der Waals surface area (Å²) in [6.45, 7) is 4.48. The normalized spacial score (nSPS) is 12.0. The molecule has 0 N–H and O–H groups in total. The molecule has 0 atom stereocenters. The summed E-state index contributed by atoms with van der Waals surface area (Å²) >= 11 is 7.02. The largest absolute Gasteiger partial charge is 2.00 e. The fourth-order valence-electron chi connectivity index (χ4n) is 2.70. The van der Waals surface area contributed by atoms with Gasteiger partial charge in [0.05, 0.1) is 0 Å². The van der Waals surface area contributed by atoms with Crippen LogP contribution in [0.5, 0.6) is 0 Å². The number of hydrogen-bond donors (Lipinski definition) is 0. The molecule has 3 heteroatoms. The Morgan fingerprint density at radius 3 is 1.30 bits per heavy atom. The molecule has 2 aromatic rings. The maximum absolute atomic E-state index is 3.67. The first-order chi connectivity index (χ1) is 12.6. The molecule has 0 aromatic heterocycles. The predicted molar refractivity (Wildman–Crippen MR) is 119 cm³/mol. The van der Waals surface area contributed by atoms with E-state index in [2.05, 4.69) is 106 Å². The predicted octanol–water partition coefficient (Wildman–Crippen LogP) is 8.45. The molecule has 0 amide bonds. The Morgan fingerprint density at radius 1 is 0.667 bits per heavy atom. The number of unbranched alkanes of at least 4 members (excludes halogenated alkanes) is 2. The van der Waals surface area contributed by atoms with Gasteiger partial charge in [-0.3, -0.25) is 0 Å². The molecule has 0 bridgehead atoms.